The minimum Gasteiger partial charge on any atom is -0.372 e. The van der Waals surface area contributed by atoms with E-state index in [1.807, 2.05) is 41.3 Å². The second kappa shape index (κ2) is 11.4. The van der Waals surface area contributed by atoms with Gasteiger partial charge in [-0.25, -0.2) is 4.79 Å². The molecule has 5 nitrogen and oxygen atoms in total. The molecule has 0 radical (unpaired) electrons. The van der Waals surface area contributed by atoms with Crippen molar-refractivity contribution in [1.29, 1.82) is 0 Å². The van der Waals surface area contributed by atoms with Crippen molar-refractivity contribution in [3.05, 3.63) is 102 Å². The van der Waals surface area contributed by atoms with Gasteiger partial charge in [0.2, 0.25) is 0 Å². The predicted molar refractivity (Wildman–Crippen MR) is 143 cm³/mol. The van der Waals surface area contributed by atoms with Crippen molar-refractivity contribution in [2.75, 3.05) is 50.7 Å². The van der Waals surface area contributed by atoms with Crippen LogP contribution in [0.4, 0.5) is 10.5 Å². The average Bonchev–Trinajstić information content (AvgIpc) is 2.94. The first-order valence-electron chi connectivity index (χ1n) is 12.9. The van der Waals surface area contributed by atoms with Crippen molar-refractivity contribution >= 4 is 11.7 Å². The smallest absolute Gasteiger partial charge is 0.318 e. The molecule has 0 atom stereocenters. The van der Waals surface area contributed by atoms with Crippen LogP contribution in [0.3, 0.4) is 0 Å². The van der Waals surface area contributed by atoms with E-state index in [1.54, 1.807) is 0 Å². The van der Waals surface area contributed by atoms with Gasteiger partial charge in [0.1, 0.15) is 0 Å². The summed E-state index contributed by atoms with van der Waals surface area (Å²) in [5, 5.41) is 3.30. The third-order valence-corrected chi connectivity index (χ3v) is 7.45. The van der Waals surface area contributed by atoms with Gasteiger partial charge in [-0.1, -0.05) is 78.9 Å². The second-order valence-electron chi connectivity index (χ2n) is 9.76. The molecule has 2 aliphatic rings. The lowest BCUT2D eigenvalue weighted by Crippen LogP contribution is -2.53. The maximum Gasteiger partial charge on any atom is 0.318 e. The summed E-state index contributed by atoms with van der Waals surface area (Å²) in [4.78, 5) is 20.3. The number of hydrogen-bond acceptors (Lipinski definition) is 3. The maximum absolute atomic E-state index is 13.2. The van der Waals surface area contributed by atoms with Crippen LogP contribution in [0.25, 0.3) is 0 Å². The summed E-state index contributed by atoms with van der Waals surface area (Å²) in [6.07, 6.45) is 2.48. The molecule has 0 unspecified atom stereocenters. The van der Waals surface area contributed by atoms with E-state index in [0.29, 0.717) is 0 Å². The summed E-state index contributed by atoms with van der Waals surface area (Å²) in [5.41, 5.74) is 3.55. The van der Waals surface area contributed by atoms with E-state index >= 15 is 0 Å². The molecule has 3 aromatic rings. The third-order valence-electron chi connectivity index (χ3n) is 7.45. The first kappa shape index (κ1) is 23.4. The molecular formula is C30H36N4O. The summed E-state index contributed by atoms with van der Waals surface area (Å²) in [6, 6.07) is 31.1. The van der Waals surface area contributed by atoms with Crippen LogP contribution in [0.15, 0.2) is 91.0 Å². The van der Waals surface area contributed by atoms with Crippen molar-refractivity contribution in [3.8, 4) is 0 Å². The van der Waals surface area contributed by atoms with Crippen molar-refractivity contribution in [2.24, 2.45) is 5.92 Å². The molecule has 0 bridgehead atoms. The molecule has 182 valence electrons. The Kier molecular flexibility index (Phi) is 7.64. The fraction of sp³-hybridized carbons (Fsp3) is 0.367. The van der Waals surface area contributed by atoms with Crippen LogP contribution in [0.1, 0.15) is 30.0 Å². The standard InChI is InChI=1S/C30H36N4O/c35-30(31-29(26-10-4-1-5-11-26)27-12-6-2-7-13-27)34-22-20-32(21-23-34)24-25-16-18-33(19-17-25)28-14-8-3-9-15-28/h1-15,25,29H,16-24H2,(H,31,35). The topological polar surface area (TPSA) is 38.8 Å². The summed E-state index contributed by atoms with van der Waals surface area (Å²) in [6.45, 7) is 6.89. The first-order valence-corrected chi connectivity index (χ1v) is 12.9. The molecule has 2 aliphatic heterocycles. The lowest BCUT2D eigenvalue weighted by Gasteiger charge is -2.39. The molecule has 0 saturated carbocycles. The zero-order valence-corrected chi connectivity index (χ0v) is 20.4. The molecule has 2 amide bonds. The van der Waals surface area contributed by atoms with Crippen LogP contribution < -0.4 is 10.2 Å². The number of piperazine rings is 1. The molecular weight excluding hydrogens is 432 g/mol. The van der Waals surface area contributed by atoms with E-state index < -0.39 is 0 Å². The highest BCUT2D eigenvalue weighted by Crippen LogP contribution is 2.25. The highest BCUT2D eigenvalue weighted by Gasteiger charge is 2.27. The fourth-order valence-corrected chi connectivity index (χ4v) is 5.38. The Hall–Kier alpha value is -3.31. The number of hydrogen-bond donors (Lipinski definition) is 1. The summed E-state index contributed by atoms with van der Waals surface area (Å²) in [5.74, 6) is 0.746. The van der Waals surface area contributed by atoms with E-state index in [1.165, 1.54) is 18.5 Å². The van der Waals surface area contributed by atoms with Crippen molar-refractivity contribution in [2.45, 2.75) is 18.9 Å². The quantitative estimate of drug-likeness (QED) is 0.552. The van der Waals surface area contributed by atoms with Crippen molar-refractivity contribution in [1.82, 2.24) is 15.1 Å². The number of amides is 2. The Morgan fingerprint density at radius 1 is 0.714 bits per heavy atom. The zero-order chi connectivity index (χ0) is 23.9. The molecule has 2 fully saturated rings. The van der Waals surface area contributed by atoms with Crippen LogP contribution >= 0.6 is 0 Å². The lowest BCUT2D eigenvalue weighted by atomic mass is 9.95. The number of carbonyl (C=O) groups excluding carboxylic acids is 1. The zero-order valence-electron chi connectivity index (χ0n) is 20.4. The minimum atomic E-state index is -0.141. The van der Waals surface area contributed by atoms with Crippen LogP contribution in [-0.2, 0) is 0 Å². The number of nitrogens with zero attached hydrogens (tertiary/aromatic N) is 3. The van der Waals surface area contributed by atoms with E-state index in [9.17, 15) is 4.79 Å². The molecule has 0 aliphatic carbocycles. The molecule has 2 heterocycles. The van der Waals surface area contributed by atoms with Gasteiger partial charge in [-0.2, -0.15) is 0 Å². The number of urea groups is 1. The molecule has 5 rings (SSSR count). The van der Waals surface area contributed by atoms with Gasteiger partial charge in [-0.15, -0.1) is 0 Å². The number of carbonyl (C=O) groups is 1. The lowest BCUT2D eigenvalue weighted by molar-refractivity contribution is 0.121. The Morgan fingerprint density at radius 2 is 1.23 bits per heavy atom. The highest BCUT2D eigenvalue weighted by molar-refractivity contribution is 5.75. The Morgan fingerprint density at radius 3 is 1.77 bits per heavy atom. The van der Waals surface area contributed by atoms with Crippen molar-refractivity contribution in [3.63, 3.8) is 0 Å². The van der Waals surface area contributed by atoms with Gasteiger partial charge in [-0.05, 0) is 42.0 Å². The number of rotatable bonds is 6. The number of para-hydroxylation sites is 1. The average molecular weight is 469 g/mol. The van der Waals surface area contributed by atoms with E-state index in [2.05, 4.69) is 69.7 Å². The fourth-order valence-electron chi connectivity index (χ4n) is 5.38. The maximum atomic E-state index is 13.2. The number of anilines is 1. The van der Waals surface area contributed by atoms with Gasteiger partial charge in [0.05, 0.1) is 6.04 Å². The van der Waals surface area contributed by atoms with Crippen LogP contribution in [0, 0.1) is 5.92 Å². The normalized spacial score (nSPS) is 17.5. The molecule has 1 N–H and O–H groups in total. The number of piperidine rings is 1. The van der Waals surface area contributed by atoms with Gasteiger partial charge < -0.3 is 15.1 Å². The number of benzene rings is 3. The molecule has 3 aromatic carbocycles. The Balaban J connectivity index is 1.11. The van der Waals surface area contributed by atoms with Gasteiger partial charge >= 0.3 is 6.03 Å². The van der Waals surface area contributed by atoms with Gasteiger partial charge in [0.15, 0.2) is 0 Å². The second-order valence-corrected chi connectivity index (χ2v) is 9.76. The van der Waals surface area contributed by atoms with Gasteiger partial charge in [0, 0.05) is 51.5 Å². The Labute approximate surface area is 209 Å². The summed E-state index contributed by atoms with van der Waals surface area (Å²) < 4.78 is 0. The van der Waals surface area contributed by atoms with E-state index in [-0.39, 0.29) is 12.1 Å². The van der Waals surface area contributed by atoms with Gasteiger partial charge in [0.25, 0.3) is 0 Å². The molecule has 35 heavy (non-hydrogen) atoms. The highest BCUT2D eigenvalue weighted by atomic mass is 16.2. The predicted octanol–water partition coefficient (Wildman–Crippen LogP) is 5.02. The largest absolute Gasteiger partial charge is 0.372 e. The van der Waals surface area contributed by atoms with E-state index in [0.717, 1.165) is 62.9 Å². The molecule has 0 spiro atoms. The SMILES string of the molecule is O=C(NC(c1ccccc1)c1ccccc1)N1CCN(CC2CCN(c3ccccc3)CC2)CC1. The Bertz CT molecular complexity index is 1000. The summed E-state index contributed by atoms with van der Waals surface area (Å²) in [7, 11) is 0. The van der Waals surface area contributed by atoms with Crippen LogP contribution in [0.2, 0.25) is 0 Å². The third kappa shape index (κ3) is 6.04. The van der Waals surface area contributed by atoms with Crippen molar-refractivity contribution < 1.29 is 4.79 Å². The molecule has 2 saturated heterocycles. The first-order chi connectivity index (χ1) is 17.3. The summed E-state index contributed by atoms with van der Waals surface area (Å²) >= 11 is 0. The van der Waals surface area contributed by atoms with E-state index in [4.69, 9.17) is 0 Å². The van der Waals surface area contributed by atoms with Crippen LogP contribution in [0.5, 0.6) is 0 Å². The number of nitrogens with one attached hydrogen (secondary N) is 1. The molecule has 0 aromatic heterocycles. The minimum absolute atomic E-state index is 0.0264. The van der Waals surface area contributed by atoms with Gasteiger partial charge in [-0.3, -0.25) is 4.90 Å². The molecule has 5 heteroatoms. The monoisotopic (exact) mass is 468 g/mol. The van der Waals surface area contributed by atoms with Crippen LogP contribution in [-0.4, -0.2) is 61.6 Å².